The van der Waals surface area contributed by atoms with Gasteiger partial charge in [0.15, 0.2) is 0 Å². The smallest absolute Gasteiger partial charge is 0.257 e. The van der Waals surface area contributed by atoms with Gasteiger partial charge in [0.2, 0.25) is 5.91 Å². The SMILES string of the molecule is CNC(=O)[C@]1(C)CCCN(C(=O)c2cncnc2)C1. The van der Waals surface area contributed by atoms with Crippen LogP contribution >= 0.6 is 0 Å². The Hall–Kier alpha value is -1.98. The molecule has 1 aliphatic heterocycles. The molecule has 1 aromatic heterocycles. The fourth-order valence-electron chi connectivity index (χ4n) is 2.49. The summed E-state index contributed by atoms with van der Waals surface area (Å²) in [6.45, 7) is 2.99. The van der Waals surface area contributed by atoms with Gasteiger partial charge in [-0.2, -0.15) is 0 Å². The molecule has 1 atom stereocenters. The quantitative estimate of drug-likeness (QED) is 0.840. The van der Waals surface area contributed by atoms with E-state index >= 15 is 0 Å². The molecule has 0 unspecified atom stereocenters. The lowest BCUT2D eigenvalue weighted by Gasteiger charge is -2.39. The third-order valence-electron chi connectivity index (χ3n) is 3.57. The number of carbonyl (C=O) groups excluding carboxylic acids is 2. The molecule has 2 rings (SSSR count). The fourth-order valence-corrected chi connectivity index (χ4v) is 2.49. The van der Waals surface area contributed by atoms with Crippen LogP contribution in [0.4, 0.5) is 0 Å². The molecule has 0 saturated carbocycles. The van der Waals surface area contributed by atoms with Gasteiger partial charge < -0.3 is 10.2 Å². The van der Waals surface area contributed by atoms with E-state index in [4.69, 9.17) is 0 Å². The van der Waals surface area contributed by atoms with Gasteiger partial charge in [0.05, 0.1) is 11.0 Å². The van der Waals surface area contributed by atoms with Crippen LogP contribution in [0.3, 0.4) is 0 Å². The maximum atomic E-state index is 12.3. The van der Waals surface area contributed by atoms with Gasteiger partial charge in [-0.3, -0.25) is 9.59 Å². The van der Waals surface area contributed by atoms with Crippen LogP contribution in [-0.2, 0) is 4.79 Å². The van der Waals surface area contributed by atoms with Crippen LogP contribution in [0.2, 0.25) is 0 Å². The summed E-state index contributed by atoms with van der Waals surface area (Å²) in [5.41, 5.74) is -0.0539. The Bertz CT molecular complexity index is 477. The van der Waals surface area contributed by atoms with Gasteiger partial charge in [0.1, 0.15) is 6.33 Å². The Balaban J connectivity index is 2.14. The zero-order valence-corrected chi connectivity index (χ0v) is 11.2. The highest BCUT2D eigenvalue weighted by Crippen LogP contribution is 2.30. The molecule has 2 heterocycles. The van der Waals surface area contributed by atoms with Gasteiger partial charge in [0, 0.05) is 32.5 Å². The van der Waals surface area contributed by atoms with E-state index < -0.39 is 5.41 Å². The number of amides is 2. The minimum atomic E-state index is -0.516. The highest BCUT2D eigenvalue weighted by atomic mass is 16.2. The molecule has 1 aliphatic rings. The third-order valence-corrected chi connectivity index (χ3v) is 3.57. The van der Waals surface area contributed by atoms with E-state index in [2.05, 4.69) is 15.3 Å². The number of likely N-dealkylation sites (tertiary alicyclic amines) is 1. The van der Waals surface area contributed by atoms with Crippen molar-refractivity contribution in [2.45, 2.75) is 19.8 Å². The molecule has 0 aromatic carbocycles. The standard InChI is InChI=1S/C13H18N4O2/c1-13(12(19)14-2)4-3-5-17(8-13)11(18)10-6-15-9-16-7-10/h6-7,9H,3-5,8H2,1-2H3,(H,14,19)/t13-/m1/s1. The summed E-state index contributed by atoms with van der Waals surface area (Å²) in [6, 6.07) is 0. The van der Waals surface area contributed by atoms with Crippen LogP contribution < -0.4 is 5.32 Å². The van der Waals surface area contributed by atoms with E-state index in [0.29, 0.717) is 18.7 Å². The molecule has 0 bridgehead atoms. The summed E-state index contributed by atoms with van der Waals surface area (Å²) in [5.74, 6) is -0.135. The zero-order valence-electron chi connectivity index (χ0n) is 11.2. The number of hydrogen-bond donors (Lipinski definition) is 1. The van der Waals surface area contributed by atoms with E-state index in [1.165, 1.54) is 18.7 Å². The topological polar surface area (TPSA) is 75.2 Å². The maximum Gasteiger partial charge on any atom is 0.257 e. The van der Waals surface area contributed by atoms with Crippen molar-refractivity contribution < 1.29 is 9.59 Å². The summed E-state index contributed by atoms with van der Waals surface area (Å²) >= 11 is 0. The van der Waals surface area contributed by atoms with Crippen LogP contribution in [-0.4, -0.2) is 46.8 Å². The summed E-state index contributed by atoms with van der Waals surface area (Å²) in [6.07, 6.45) is 6.01. The first kappa shape index (κ1) is 13.5. The number of piperidine rings is 1. The molecule has 0 radical (unpaired) electrons. The van der Waals surface area contributed by atoms with Crippen molar-refractivity contribution >= 4 is 11.8 Å². The highest BCUT2D eigenvalue weighted by molar-refractivity contribution is 5.94. The number of rotatable bonds is 2. The first-order chi connectivity index (χ1) is 9.07. The van der Waals surface area contributed by atoms with E-state index in [1.807, 2.05) is 6.92 Å². The average molecular weight is 262 g/mol. The summed E-state index contributed by atoms with van der Waals surface area (Å²) in [7, 11) is 1.62. The second-order valence-electron chi connectivity index (χ2n) is 5.10. The predicted molar refractivity (Wildman–Crippen MR) is 69.3 cm³/mol. The largest absolute Gasteiger partial charge is 0.359 e. The second-order valence-corrected chi connectivity index (χ2v) is 5.10. The molecule has 1 saturated heterocycles. The highest BCUT2D eigenvalue weighted by Gasteiger charge is 2.38. The minimum absolute atomic E-state index is 0.0192. The van der Waals surface area contributed by atoms with Crippen molar-refractivity contribution in [3.63, 3.8) is 0 Å². The molecular weight excluding hydrogens is 244 g/mol. The van der Waals surface area contributed by atoms with Crippen molar-refractivity contribution in [1.82, 2.24) is 20.2 Å². The average Bonchev–Trinajstić information content (AvgIpc) is 2.46. The molecule has 6 nitrogen and oxygen atoms in total. The van der Waals surface area contributed by atoms with Crippen molar-refractivity contribution in [3.05, 3.63) is 24.3 Å². The lowest BCUT2D eigenvalue weighted by molar-refractivity contribution is -0.132. The first-order valence-electron chi connectivity index (χ1n) is 6.33. The molecule has 1 fully saturated rings. The molecule has 102 valence electrons. The van der Waals surface area contributed by atoms with Gasteiger partial charge in [-0.1, -0.05) is 0 Å². The fraction of sp³-hybridized carbons (Fsp3) is 0.538. The number of carbonyl (C=O) groups is 2. The Labute approximate surface area is 112 Å². The van der Waals surface area contributed by atoms with Crippen molar-refractivity contribution in [2.75, 3.05) is 20.1 Å². The lowest BCUT2D eigenvalue weighted by atomic mass is 9.81. The summed E-state index contributed by atoms with van der Waals surface area (Å²) in [4.78, 5) is 33.6. The molecule has 0 spiro atoms. The van der Waals surface area contributed by atoms with E-state index in [9.17, 15) is 9.59 Å². The van der Waals surface area contributed by atoms with Crippen molar-refractivity contribution in [2.24, 2.45) is 5.41 Å². The predicted octanol–water partition coefficient (Wildman–Crippen LogP) is 0.465. The monoisotopic (exact) mass is 262 g/mol. The molecule has 19 heavy (non-hydrogen) atoms. The minimum Gasteiger partial charge on any atom is -0.359 e. The summed E-state index contributed by atoms with van der Waals surface area (Å²) < 4.78 is 0. The van der Waals surface area contributed by atoms with E-state index in [1.54, 1.807) is 11.9 Å². The molecule has 1 N–H and O–H groups in total. The van der Waals surface area contributed by atoms with Crippen molar-refractivity contribution in [3.8, 4) is 0 Å². The Morgan fingerprint density at radius 1 is 1.37 bits per heavy atom. The number of hydrogen-bond acceptors (Lipinski definition) is 4. The van der Waals surface area contributed by atoms with Crippen molar-refractivity contribution in [1.29, 1.82) is 0 Å². The van der Waals surface area contributed by atoms with E-state index in [-0.39, 0.29) is 11.8 Å². The third kappa shape index (κ3) is 2.72. The van der Waals surface area contributed by atoms with Gasteiger partial charge >= 0.3 is 0 Å². The number of aromatic nitrogens is 2. The van der Waals surface area contributed by atoms with Gasteiger partial charge in [-0.05, 0) is 19.8 Å². The zero-order chi connectivity index (χ0) is 13.9. The van der Waals surface area contributed by atoms with Crippen LogP contribution in [0.1, 0.15) is 30.1 Å². The van der Waals surface area contributed by atoms with Crippen LogP contribution in [0, 0.1) is 5.41 Å². The van der Waals surface area contributed by atoms with E-state index in [0.717, 1.165) is 12.8 Å². The van der Waals surface area contributed by atoms with Gasteiger partial charge in [-0.25, -0.2) is 9.97 Å². The maximum absolute atomic E-state index is 12.3. The lowest BCUT2D eigenvalue weighted by Crippen LogP contribution is -2.51. The summed E-state index contributed by atoms with van der Waals surface area (Å²) in [5, 5.41) is 2.67. The Kier molecular flexibility index (Phi) is 3.78. The molecular formula is C13H18N4O2. The van der Waals surface area contributed by atoms with Crippen LogP contribution in [0.15, 0.2) is 18.7 Å². The Morgan fingerprint density at radius 2 is 2.05 bits per heavy atom. The molecule has 6 heteroatoms. The second kappa shape index (κ2) is 5.34. The van der Waals surface area contributed by atoms with Gasteiger partial charge in [-0.15, -0.1) is 0 Å². The van der Waals surface area contributed by atoms with Crippen LogP contribution in [0.5, 0.6) is 0 Å². The first-order valence-corrected chi connectivity index (χ1v) is 6.33. The molecule has 2 amide bonds. The molecule has 0 aliphatic carbocycles. The number of nitrogens with zero attached hydrogens (tertiary/aromatic N) is 3. The van der Waals surface area contributed by atoms with Gasteiger partial charge in [0.25, 0.3) is 5.91 Å². The molecule has 1 aromatic rings. The Morgan fingerprint density at radius 3 is 2.68 bits per heavy atom. The van der Waals surface area contributed by atoms with Crippen LogP contribution in [0.25, 0.3) is 0 Å². The number of nitrogens with one attached hydrogen (secondary N) is 1. The normalized spacial score (nSPS) is 22.9.